The molecule has 0 saturated carbocycles. The second-order valence-electron chi connectivity index (χ2n) is 5.64. The van der Waals surface area contributed by atoms with Crippen LogP contribution in [0.1, 0.15) is 64.7 Å². The highest BCUT2D eigenvalue weighted by Gasteiger charge is 1.89. The van der Waals surface area contributed by atoms with Gasteiger partial charge in [0.2, 0.25) is 0 Å². The summed E-state index contributed by atoms with van der Waals surface area (Å²) in [6, 6.07) is 0. The lowest BCUT2D eigenvalue weighted by Crippen LogP contribution is -1.96. The predicted molar refractivity (Wildman–Crippen MR) is 101 cm³/mol. The van der Waals surface area contributed by atoms with E-state index in [0.717, 1.165) is 6.42 Å². The number of unbranched alkanes of at least 4 members (excludes halogenated alkanes) is 8. The first-order chi connectivity index (χ1) is 11.3. The summed E-state index contributed by atoms with van der Waals surface area (Å²) < 4.78 is 0. The van der Waals surface area contributed by atoms with Crippen molar-refractivity contribution in [1.82, 2.24) is 0 Å². The molecule has 0 rings (SSSR count). The van der Waals surface area contributed by atoms with Crippen LogP contribution in [0.2, 0.25) is 0 Å². The lowest BCUT2D eigenvalue weighted by Gasteiger charge is -1.99. The molecule has 130 valence electrons. The van der Waals surface area contributed by atoms with Crippen LogP contribution in [0.3, 0.4) is 0 Å². The van der Waals surface area contributed by atoms with Crippen LogP contribution in [0.4, 0.5) is 0 Å². The molecule has 2 nitrogen and oxygen atoms in total. The highest BCUT2D eigenvalue weighted by atomic mass is 16.5. The van der Waals surface area contributed by atoms with Gasteiger partial charge in [0, 0.05) is 0 Å². The Bertz CT molecular complexity index is 373. The molecule has 0 saturated heterocycles. The van der Waals surface area contributed by atoms with Crippen molar-refractivity contribution >= 4 is 0 Å². The van der Waals surface area contributed by atoms with E-state index >= 15 is 0 Å². The van der Waals surface area contributed by atoms with Gasteiger partial charge < -0.3 is 10.2 Å². The Balaban J connectivity index is 3.45. The van der Waals surface area contributed by atoms with Crippen molar-refractivity contribution in [3.05, 3.63) is 60.8 Å². The standard InChI is InChI=1S/C21H34O2/c1-2-3-4-5-6-7-8-9-10-11-12-13-14-15-16-17-18-19-20-21(22)23/h11-23H,2-10H2,1H3. The maximum atomic E-state index is 8.59. The average molecular weight is 319 g/mol. The minimum absolute atomic E-state index is 1.16. The molecule has 0 heterocycles. The number of hydrogen-bond acceptors (Lipinski definition) is 2. The highest BCUT2D eigenvalue weighted by molar-refractivity contribution is 5.17. The van der Waals surface area contributed by atoms with Crippen molar-refractivity contribution in [2.24, 2.45) is 0 Å². The van der Waals surface area contributed by atoms with Crippen molar-refractivity contribution in [1.29, 1.82) is 0 Å². The minimum Gasteiger partial charge on any atom is -0.365 e. The third-order valence-corrected chi connectivity index (χ3v) is 3.42. The van der Waals surface area contributed by atoms with Gasteiger partial charge in [-0.25, -0.2) is 0 Å². The SMILES string of the molecule is CCCCCCCCCCC=CC=CC=CC=CC=CC(O)O. The van der Waals surface area contributed by atoms with E-state index < -0.39 is 6.29 Å². The number of rotatable bonds is 14. The molecule has 0 aromatic heterocycles. The van der Waals surface area contributed by atoms with Gasteiger partial charge >= 0.3 is 0 Å². The van der Waals surface area contributed by atoms with Crippen LogP contribution in [0.15, 0.2) is 60.8 Å². The Morgan fingerprint density at radius 3 is 1.65 bits per heavy atom. The van der Waals surface area contributed by atoms with Gasteiger partial charge in [0.05, 0.1) is 0 Å². The summed E-state index contributed by atoms with van der Waals surface area (Å²) in [7, 11) is 0. The molecular weight excluding hydrogens is 284 g/mol. The van der Waals surface area contributed by atoms with Crippen LogP contribution in [-0.2, 0) is 0 Å². The zero-order chi connectivity index (χ0) is 17.0. The normalized spacial score (nSPS) is 13.2. The molecule has 0 radical (unpaired) electrons. The van der Waals surface area contributed by atoms with E-state index in [1.807, 2.05) is 30.4 Å². The van der Waals surface area contributed by atoms with E-state index in [9.17, 15) is 0 Å². The molecule has 0 amide bonds. The first kappa shape index (κ1) is 21.6. The fraction of sp³-hybridized carbons (Fsp3) is 0.524. The third-order valence-electron chi connectivity index (χ3n) is 3.42. The maximum absolute atomic E-state index is 8.59. The van der Waals surface area contributed by atoms with Crippen molar-refractivity contribution in [3.8, 4) is 0 Å². The fourth-order valence-corrected chi connectivity index (χ4v) is 2.12. The summed E-state index contributed by atoms with van der Waals surface area (Å²) in [5, 5.41) is 17.2. The molecule has 0 aliphatic rings. The maximum Gasteiger partial charge on any atom is 0.171 e. The number of aliphatic hydroxyl groups is 2. The lowest BCUT2D eigenvalue weighted by atomic mass is 10.1. The first-order valence-corrected chi connectivity index (χ1v) is 8.97. The monoisotopic (exact) mass is 318 g/mol. The van der Waals surface area contributed by atoms with Gasteiger partial charge in [-0.05, 0) is 18.9 Å². The molecule has 0 atom stereocenters. The van der Waals surface area contributed by atoms with E-state index in [-0.39, 0.29) is 0 Å². The summed E-state index contributed by atoms with van der Waals surface area (Å²) in [4.78, 5) is 0. The molecule has 0 bridgehead atoms. The molecular formula is C21H34O2. The Hall–Kier alpha value is -1.38. The Labute approximate surface area is 142 Å². The number of allylic oxidation sites excluding steroid dienone is 9. The molecule has 0 fully saturated rings. The van der Waals surface area contributed by atoms with Gasteiger partial charge in [-0.1, -0.05) is 107 Å². The minimum atomic E-state index is -1.38. The molecule has 0 spiro atoms. The molecule has 0 aromatic carbocycles. The quantitative estimate of drug-likeness (QED) is 0.248. The molecule has 0 aliphatic carbocycles. The highest BCUT2D eigenvalue weighted by Crippen LogP contribution is 2.09. The topological polar surface area (TPSA) is 40.5 Å². The summed E-state index contributed by atoms with van der Waals surface area (Å²) in [6.45, 7) is 2.26. The van der Waals surface area contributed by atoms with Crippen LogP contribution < -0.4 is 0 Å². The molecule has 0 aliphatic heterocycles. The summed E-state index contributed by atoms with van der Waals surface area (Å²) in [5.41, 5.74) is 0. The van der Waals surface area contributed by atoms with Gasteiger partial charge in [-0.15, -0.1) is 0 Å². The van der Waals surface area contributed by atoms with Gasteiger partial charge in [0.1, 0.15) is 0 Å². The predicted octanol–water partition coefficient (Wildman–Crippen LogP) is 5.61. The van der Waals surface area contributed by atoms with E-state index in [1.165, 1.54) is 57.4 Å². The van der Waals surface area contributed by atoms with Gasteiger partial charge in [0.15, 0.2) is 6.29 Å². The van der Waals surface area contributed by atoms with E-state index in [0.29, 0.717) is 0 Å². The molecule has 2 heteroatoms. The number of aliphatic hydroxyl groups excluding tert-OH is 1. The zero-order valence-electron chi connectivity index (χ0n) is 14.6. The summed E-state index contributed by atoms with van der Waals surface area (Å²) in [5.74, 6) is 0. The Morgan fingerprint density at radius 2 is 1.09 bits per heavy atom. The van der Waals surface area contributed by atoms with Crippen molar-refractivity contribution in [2.45, 2.75) is 71.0 Å². The van der Waals surface area contributed by atoms with Crippen LogP contribution in [0.25, 0.3) is 0 Å². The first-order valence-electron chi connectivity index (χ1n) is 8.97. The van der Waals surface area contributed by atoms with Gasteiger partial charge in [0.25, 0.3) is 0 Å². The second kappa shape index (κ2) is 18.7. The third kappa shape index (κ3) is 20.6. The van der Waals surface area contributed by atoms with Crippen molar-refractivity contribution in [2.75, 3.05) is 0 Å². The summed E-state index contributed by atoms with van der Waals surface area (Å²) in [6.07, 6.45) is 29.4. The van der Waals surface area contributed by atoms with Gasteiger partial charge in [-0.3, -0.25) is 0 Å². The van der Waals surface area contributed by atoms with E-state index in [1.54, 1.807) is 12.2 Å². The van der Waals surface area contributed by atoms with Crippen molar-refractivity contribution < 1.29 is 10.2 Å². The van der Waals surface area contributed by atoms with Crippen LogP contribution in [0.5, 0.6) is 0 Å². The van der Waals surface area contributed by atoms with E-state index in [4.69, 9.17) is 10.2 Å². The Morgan fingerprint density at radius 1 is 0.609 bits per heavy atom. The van der Waals surface area contributed by atoms with Crippen LogP contribution >= 0.6 is 0 Å². The van der Waals surface area contributed by atoms with Crippen molar-refractivity contribution in [3.63, 3.8) is 0 Å². The average Bonchev–Trinajstić information content (AvgIpc) is 2.53. The van der Waals surface area contributed by atoms with Crippen LogP contribution in [0, 0.1) is 0 Å². The molecule has 23 heavy (non-hydrogen) atoms. The van der Waals surface area contributed by atoms with Crippen LogP contribution in [-0.4, -0.2) is 16.5 Å². The summed E-state index contributed by atoms with van der Waals surface area (Å²) >= 11 is 0. The lowest BCUT2D eigenvalue weighted by molar-refractivity contribution is 0.00238. The van der Waals surface area contributed by atoms with Gasteiger partial charge in [-0.2, -0.15) is 0 Å². The second-order valence-corrected chi connectivity index (χ2v) is 5.64. The molecule has 2 N–H and O–H groups in total. The smallest absolute Gasteiger partial charge is 0.171 e. The number of hydrogen-bond donors (Lipinski definition) is 2. The van der Waals surface area contributed by atoms with E-state index in [2.05, 4.69) is 19.1 Å². The molecule has 0 unspecified atom stereocenters. The largest absolute Gasteiger partial charge is 0.365 e. The Kier molecular flexibility index (Phi) is 17.5. The molecule has 0 aromatic rings. The zero-order valence-corrected chi connectivity index (χ0v) is 14.6. The fourth-order valence-electron chi connectivity index (χ4n) is 2.12.